The fourth-order valence-corrected chi connectivity index (χ4v) is 5.82. The number of benzene rings is 1. The number of piperidine rings is 1. The number of carbonyl (C=O) groups excluding carboxylic acids is 1. The predicted molar refractivity (Wildman–Crippen MR) is 93.0 cm³/mol. The van der Waals surface area contributed by atoms with Crippen LogP contribution in [0, 0.1) is 5.92 Å². The number of hydrogen-bond acceptors (Lipinski definition) is 3. The average Bonchev–Trinajstić information content (AvgIpc) is 2.89. The standard InChI is InChI=1S/C16H21BrN2O3S/c1-11-3-6-18(7-4-11)23(21,22)16-10-15-13(9-14(16)17)5-8-19(15)12(2)20/h9-11H,3-8H2,1-2H3. The molecule has 1 saturated heterocycles. The summed E-state index contributed by atoms with van der Waals surface area (Å²) in [5.74, 6) is 0.513. The summed E-state index contributed by atoms with van der Waals surface area (Å²) in [6.07, 6.45) is 2.54. The van der Waals surface area contributed by atoms with Gasteiger partial charge in [0.05, 0.1) is 4.90 Å². The molecule has 0 bridgehead atoms. The molecule has 1 fully saturated rings. The summed E-state index contributed by atoms with van der Waals surface area (Å²) < 4.78 is 28.1. The quantitative estimate of drug-likeness (QED) is 0.766. The highest BCUT2D eigenvalue weighted by Crippen LogP contribution is 2.37. The van der Waals surface area contributed by atoms with Crippen molar-refractivity contribution in [3.63, 3.8) is 0 Å². The first kappa shape index (κ1) is 16.9. The van der Waals surface area contributed by atoms with Gasteiger partial charge < -0.3 is 4.90 Å². The molecule has 2 aliphatic rings. The Hall–Kier alpha value is -0.920. The molecular formula is C16H21BrN2O3S. The summed E-state index contributed by atoms with van der Waals surface area (Å²) in [6, 6.07) is 3.50. The summed E-state index contributed by atoms with van der Waals surface area (Å²) in [6.45, 7) is 5.39. The lowest BCUT2D eigenvalue weighted by atomic mass is 10.0. The van der Waals surface area contributed by atoms with E-state index in [0.717, 1.165) is 30.5 Å². The van der Waals surface area contributed by atoms with Gasteiger partial charge in [0.2, 0.25) is 15.9 Å². The van der Waals surface area contributed by atoms with Crippen molar-refractivity contribution in [3.8, 4) is 0 Å². The molecule has 0 unspecified atom stereocenters. The van der Waals surface area contributed by atoms with Crippen molar-refractivity contribution >= 4 is 37.5 Å². The van der Waals surface area contributed by atoms with Crippen LogP contribution in [0.1, 0.15) is 32.3 Å². The summed E-state index contributed by atoms with van der Waals surface area (Å²) in [4.78, 5) is 13.7. The Labute approximate surface area is 145 Å². The fourth-order valence-electron chi connectivity index (χ4n) is 3.28. The molecule has 7 heteroatoms. The van der Waals surface area contributed by atoms with Gasteiger partial charge in [0.25, 0.3) is 0 Å². The molecule has 126 valence electrons. The van der Waals surface area contributed by atoms with Gasteiger partial charge in [0.1, 0.15) is 0 Å². The van der Waals surface area contributed by atoms with Gasteiger partial charge in [-0.25, -0.2) is 8.42 Å². The predicted octanol–water partition coefficient (Wildman–Crippen LogP) is 2.78. The zero-order valence-electron chi connectivity index (χ0n) is 13.4. The van der Waals surface area contributed by atoms with Crippen molar-refractivity contribution < 1.29 is 13.2 Å². The molecule has 0 N–H and O–H groups in total. The van der Waals surface area contributed by atoms with Gasteiger partial charge in [-0.2, -0.15) is 4.31 Å². The van der Waals surface area contributed by atoms with Crippen LogP contribution in [-0.2, 0) is 21.2 Å². The van der Waals surface area contributed by atoms with E-state index in [1.165, 1.54) is 6.92 Å². The molecule has 5 nitrogen and oxygen atoms in total. The minimum absolute atomic E-state index is 0.0544. The number of hydrogen-bond donors (Lipinski definition) is 0. The highest BCUT2D eigenvalue weighted by atomic mass is 79.9. The molecule has 1 amide bonds. The maximum Gasteiger partial charge on any atom is 0.244 e. The lowest BCUT2D eigenvalue weighted by Crippen LogP contribution is -2.38. The molecular weight excluding hydrogens is 380 g/mol. The second-order valence-electron chi connectivity index (χ2n) is 6.42. The fraction of sp³-hybridized carbons (Fsp3) is 0.562. The van der Waals surface area contributed by atoms with E-state index in [1.807, 2.05) is 6.07 Å². The van der Waals surface area contributed by atoms with Gasteiger partial charge >= 0.3 is 0 Å². The first-order valence-corrected chi connectivity index (χ1v) is 10.1. The van der Waals surface area contributed by atoms with E-state index in [2.05, 4.69) is 22.9 Å². The van der Waals surface area contributed by atoms with Crippen LogP contribution >= 0.6 is 15.9 Å². The van der Waals surface area contributed by atoms with Gasteiger partial charge in [0, 0.05) is 36.7 Å². The number of carbonyl (C=O) groups is 1. The van der Waals surface area contributed by atoms with Crippen molar-refractivity contribution in [1.29, 1.82) is 0 Å². The molecule has 3 rings (SSSR count). The molecule has 0 atom stereocenters. The van der Waals surface area contributed by atoms with E-state index in [9.17, 15) is 13.2 Å². The monoisotopic (exact) mass is 400 g/mol. The topological polar surface area (TPSA) is 57.7 Å². The molecule has 1 aromatic carbocycles. The van der Waals surface area contributed by atoms with E-state index in [1.54, 1.807) is 15.3 Å². The SMILES string of the molecule is CC(=O)N1CCc2cc(Br)c(S(=O)(=O)N3CCC(C)CC3)cc21. The molecule has 23 heavy (non-hydrogen) atoms. The van der Waals surface area contributed by atoms with Crippen molar-refractivity contribution in [2.45, 2.75) is 38.0 Å². The average molecular weight is 401 g/mol. The third-order valence-corrected chi connectivity index (χ3v) is 7.63. The molecule has 1 aromatic rings. The first-order valence-electron chi connectivity index (χ1n) is 7.91. The Morgan fingerprint density at radius 3 is 2.48 bits per heavy atom. The number of rotatable bonds is 2. The Bertz CT molecular complexity index is 740. The highest BCUT2D eigenvalue weighted by Gasteiger charge is 2.32. The minimum atomic E-state index is -3.54. The number of halogens is 1. The highest BCUT2D eigenvalue weighted by molar-refractivity contribution is 9.10. The van der Waals surface area contributed by atoms with E-state index >= 15 is 0 Å². The van der Waals surface area contributed by atoms with Crippen LogP contribution in [0.4, 0.5) is 5.69 Å². The van der Waals surface area contributed by atoms with Crippen LogP contribution in [0.2, 0.25) is 0 Å². The molecule has 0 spiro atoms. The maximum atomic E-state index is 13.0. The number of amides is 1. The minimum Gasteiger partial charge on any atom is -0.312 e. The molecule has 0 saturated carbocycles. The van der Waals surface area contributed by atoms with Crippen molar-refractivity contribution in [2.24, 2.45) is 5.92 Å². The smallest absolute Gasteiger partial charge is 0.244 e. The lowest BCUT2D eigenvalue weighted by molar-refractivity contribution is -0.116. The number of fused-ring (bicyclic) bond motifs is 1. The molecule has 0 aromatic heterocycles. The van der Waals surface area contributed by atoms with Crippen molar-refractivity contribution in [1.82, 2.24) is 4.31 Å². The van der Waals surface area contributed by atoms with Crippen LogP contribution in [-0.4, -0.2) is 38.3 Å². The third-order valence-electron chi connectivity index (χ3n) is 4.77. The van der Waals surface area contributed by atoms with Gasteiger partial charge in [-0.3, -0.25) is 4.79 Å². The molecule has 0 radical (unpaired) electrons. The lowest BCUT2D eigenvalue weighted by Gasteiger charge is -2.30. The van der Waals surface area contributed by atoms with Crippen LogP contribution in [0.25, 0.3) is 0 Å². The second kappa shape index (κ2) is 6.18. The van der Waals surface area contributed by atoms with E-state index < -0.39 is 10.0 Å². The summed E-state index contributed by atoms with van der Waals surface area (Å²) >= 11 is 3.41. The zero-order chi connectivity index (χ0) is 16.8. The first-order chi connectivity index (χ1) is 10.8. The number of sulfonamides is 1. The summed E-state index contributed by atoms with van der Waals surface area (Å²) in [7, 11) is -3.54. The largest absolute Gasteiger partial charge is 0.312 e. The van der Waals surface area contributed by atoms with E-state index in [4.69, 9.17) is 0 Å². The Morgan fingerprint density at radius 2 is 1.87 bits per heavy atom. The van der Waals surface area contributed by atoms with Crippen molar-refractivity contribution in [2.75, 3.05) is 24.5 Å². The van der Waals surface area contributed by atoms with Gasteiger partial charge in [-0.15, -0.1) is 0 Å². The van der Waals surface area contributed by atoms with Crippen LogP contribution < -0.4 is 4.90 Å². The summed E-state index contributed by atoms with van der Waals surface area (Å²) in [5.41, 5.74) is 1.74. The van der Waals surface area contributed by atoms with Gasteiger partial charge in [-0.1, -0.05) is 6.92 Å². The van der Waals surface area contributed by atoms with E-state index in [-0.39, 0.29) is 10.8 Å². The molecule has 2 heterocycles. The molecule has 2 aliphatic heterocycles. The van der Waals surface area contributed by atoms with Gasteiger partial charge in [-0.05, 0) is 58.8 Å². The number of anilines is 1. The Balaban J connectivity index is 2.00. The Morgan fingerprint density at radius 1 is 1.22 bits per heavy atom. The van der Waals surface area contributed by atoms with Crippen LogP contribution in [0.3, 0.4) is 0 Å². The molecule has 0 aliphatic carbocycles. The van der Waals surface area contributed by atoms with Crippen LogP contribution in [0.15, 0.2) is 21.5 Å². The third kappa shape index (κ3) is 3.06. The maximum absolute atomic E-state index is 13.0. The number of nitrogens with zero attached hydrogens (tertiary/aromatic N) is 2. The normalized spacial score (nSPS) is 19.9. The van der Waals surface area contributed by atoms with Crippen molar-refractivity contribution in [3.05, 3.63) is 22.2 Å². The van der Waals surface area contributed by atoms with E-state index in [0.29, 0.717) is 30.0 Å². The van der Waals surface area contributed by atoms with Gasteiger partial charge in [0.15, 0.2) is 0 Å². The summed E-state index contributed by atoms with van der Waals surface area (Å²) in [5, 5.41) is 0. The zero-order valence-corrected chi connectivity index (χ0v) is 15.8. The Kier molecular flexibility index (Phi) is 4.55. The van der Waals surface area contributed by atoms with Crippen LogP contribution in [0.5, 0.6) is 0 Å². The second-order valence-corrected chi connectivity index (χ2v) is 9.18.